The van der Waals surface area contributed by atoms with Gasteiger partial charge in [-0.2, -0.15) is 0 Å². The number of benzene rings is 2. The van der Waals surface area contributed by atoms with Gasteiger partial charge in [0.05, 0.1) is 49.2 Å². The van der Waals surface area contributed by atoms with E-state index in [2.05, 4.69) is 43.6 Å². The Labute approximate surface area is 235 Å². The largest absolute Gasteiger partial charge is 0.497 e. The van der Waals surface area contributed by atoms with Gasteiger partial charge in [-0.15, -0.1) is 0 Å². The number of fused-ring (bicyclic) bond motifs is 1. The number of hydrogen-bond donors (Lipinski definition) is 2. The van der Waals surface area contributed by atoms with Gasteiger partial charge in [-0.25, -0.2) is 9.97 Å². The Kier molecular flexibility index (Phi) is 7.97. The molecule has 2 aliphatic rings. The summed E-state index contributed by atoms with van der Waals surface area (Å²) < 4.78 is 13.2. The molecule has 2 aliphatic heterocycles. The summed E-state index contributed by atoms with van der Waals surface area (Å²) in [5.41, 5.74) is 3.93. The number of aromatic amines is 1. The molecule has 3 atom stereocenters. The van der Waals surface area contributed by atoms with E-state index in [0.717, 1.165) is 85.5 Å². The van der Waals surface area contributed by atoms with Crippen LogP contribution in [0.3, 0.4) is 0 Å². The molecule has 2 aromatic carbocycles. The summed E-state index contributed by atoms with van der Waals surface area (Å²) >= 11 is 0. The minimum atomic E-state index is -0.710. The Morgan fingerprint density at radius 3 is 2.85 bits per heavy atom. The highest BCUT2D eigenvalue weighted by Crippen LogP contribution is 2.29. The fourth-order valence-corrected chi connectivity index (χ4v) is 5.92. The molecule has 4 heterocycles. The lowest BCUT2D eigenvalue weighted by molar-refractivity contribution is -0.0724. The van der Waals surface area contributed by atoms with Gasteiger partial charge in [0.25, 0.3) is 0 Å². The van der Waals surface area contributed by atoms with Gasteiger partial charge in [0, 0.05) is 38.9 Å². The van der Waals surface area contributed by atoms with Crippen molar-refractivity contribution >= 4 is 23.2 Å². The number of aryl methyl sites for hydroxylation is 1. The van der Waals surface area contributed by atoms with Crippen molar-refractivity contribution in [2.45, 2.75) is 32.2 Å². The Morgan fingerprint density at radius 2 is 2.05 bits per heavy atom. The van der Waals surface area contributed by atoms with Crippen LogP contribution >= 0.6 is 0 Å². The van der Waals surface area contributed by atoms with Gasteiger partial charge in [-0.05, 0) is 43.0 Å². The predicted molar refractivity (Wildman–Crippen MR) is 156 cm³/mol. The first-order valence-electron chi connectivity index (χ1n) is 14.1. The lowest BCUT2D eigenvalue weighted by atomic mass is 10.1. The van der Waals surface area contributed by atoms with E-state index in [9.17, 15) is 5.11 Å². The van der Waals surface area contributed by atoms with Crippen molar-refractivity contribution in [3.8, 4) is 5.75 Å². The Hall–Kier alpha value is -3.50. The monoisotopic (exact) mass is 542 g/mol. The SMILES string of the molecule is COc1ccc2nc(C)n(CC(O)N3CCN(CC4CCOC4)C[C@H]3c3ncc(/C=C/c4ccccc4)[nH]3)c2c1. The minimum absolute atomic E-state index is 0.0745. The van der Waals surface area contributed by atoms with Crippen LogP contribution in [0.1, 0.15) is 35.4 Å². The number of H-pyrrole nitrogens is 1. The van der Waals surface area contributed by atoms with Gasteiger partial charge in [-0.3, -0.25) is 9.80 Å². The lowest BCUT2D eigenvalue weighted by Crippen LogP contribution is -2.54. The summed E-state index contributed by atoms with van der Waals surface area (Å²) in [5.74, 6) is 3.07. The van der Waals surface area contributed by atoms with Crippen LogP contribution in [-0.2, 0) is 11.3 Å². The molecule has 0 aliphatic carbocycles. The number of imidazole rings is 2. The maximum Gasteiger partial charge on any atom is 0.126 e. The first-order chi connectivity index (χ1) is 19.6. The number of methoxy groups -OCH3 is 1. The van der Waals surface area contributed by atoms with E-state index < -0.39 is 6.23 Å². The first-order valence-corrected chi connectivity index (χ1v) is 14.1. The maximum atomic E-state index is 11.7. The van der Waals surface area contributed by atoms with Crippen molar-refractivity contribution in [1.82, 2.24) is 29.3 Å². The van der Waals surface area contributed by atoms with Crippen LogP contribution in [0, 0.1) is 12.8 Å². The number of rotatable bonds is 9. The van der Waals surface area contributed by atoms with E-state index in [1.54, 1.807) is 7.11 Å². The van der Waals surface area contributed by atoms with Crippen molar-refractivity contribution in [2.75, 3.05) is 46.5 Å². The van der Waals surface area contributed by atoms with Gasteiger partial charge in [-0.1, -0.05) is 36.4 Å². The second-order valence-electron chi connectivity index (χ2n) is 10.8. The number of nitrogens with one attached hydrogen (secondary N) is 1. The van der Waals surface area contributed by atoms with Crippen LogP contribution in [0.25, 0.3) is 23.2 Å². The summed E-state index contributed by atoms with van der Waals surface area (Å²) in [6.07, 6.45) is 6.41. The van der Waals surface area contributed by atoms with Crippen LogP contribution in [0.5, 0.6) is 5.75 Å². The van der Waals surface area contributed by atoms with Crippen molar-refractivity contribution in [2.24, 2.45) is 5.92 Å². The van der Waals surface area contributed by atoms with Crippen molar-refractivity contribution in [3.63, 3.8) is 0 Å². The molecule has 2 N–H and O–H groups in total. The first kappa shape index (κ1) is 26.7. The van der Waals surface area contributed by atoms with Crippen LogP contribution in [0.4, 0.5) is 0 Å². The molecule has 210 valence electrons. The third-order valence-electron chi connectivity index (χ3n) is 8.11. The van der Waals surface area contributed by atoms with Crippen LogP contribution in [0.15, 0.2) is 54.7 Å². The Balaban J connectivity index is 1.24. The van der Waals surface area contributed by atoms with Crippen molar-refractivity contribution < 1.29 is 14.6 Å². The molecular formula is C31H38N6O3. The van der Waals surface area contributed by atoms with Crippen molar-refractivity contribution in [3.05, 3.63) is 77.6 Å². The van der Waals surface area contributed by atoms with Crippen LogP contribution < -0.4 is 4.74 Å². The second kappa shape index (κ2) is 11.9. The number of ether oxygens (including phenoxy) is 2. The molecule has 40 heavy (non-hydrogen) atoms. The second-order valence-corrected chi connectivity index (χ2v) is 10.8. The van der Waals surface area contributed by atoms with Gasteiger partial charge < -0.3 is 24.1 Å². The molecule has 0 amide bonds. The molecule has 9 heteroatoms. The summed E-state index contributed by atoms with van der Waals surface area (Å²) in [6, 6.07) is 16.0. The number of nitrogens with zero attached hydrogens (tertiary/aromatic N) is 5. The number of aliphatic hydroxyl groups is 1. The van der Waals surface area contributed by atoms with E-state index in [1.807, 2.05) is 49.5 Å². The summed E-state index contributed by atoms with van der Waals surface area (Å²) in [6.45, 7) is 7.50. The third kappa shape index (κ3) is 5.83. The van der Waals surface area contributed by atoms with E-state index in [1.165, 1.54) is 0 Å². The zero-order valence-corrected chi connectivity index (χ0v) is 23.2. The number of aliphatic hydroxyl groups excluding tert-OH is 1. The fourth-order valence-electron chi connectivity index (χ4n) is 5.92. The summed E-state index contributed by atoms with van der Waals surface area (Å²) in [7, 11) is 1.66. The van der Waals surface area contributed by atoms with E-state index in [0.29, 0.717) is 12.5 Å². The molecule has 0 radical (unpaired) electrons. The summed E-state index contributed by atoms with van der Waals surface area (Å²) in [5, 5.41) is 11.7. The Morgan fingerprint density at radius 1 is 1.18 bits per heavy atom. The molecular weight excluding hydrogens is 504 g/mol. The molecule has 2 fully saturated rings. The zero-order valence-electron chi connectivity index (χ0n) is 23.2. The number of hydrogen-bond acceptors (Lipinski definition) is 7. The molecule has 0 bridgehead atoms. The molecule has 9 nitrogen and oxygen atoms in total. The van der Waals surface area contributed by atoms with Gasteiger partial charge in [0.15, 0.2) is 0 Å². The van der Waals surface area contributed by atoms with E-state index >= 15 is 0 Å². The topological polar surface area (TPSA) is 91.7 Å². The molecule has 2 unspecified atom stereocenters. The van der Waals surface area contributed by atoms with Gasteiger partial charge >= 0.3 is 0 Å². The lowest BCUT2D eigenvalue weighted by Gasteiger charge is -2.43. The average Bonchev–Trinajstić information content (AvgIpc) is 3.73. The summed E-state index contributed by atoms with van der Waals surface area (Å²) in [4.78, 5) is 17.7. The smallest absolute Gasteiger partial charge is 0.126 e. The van der Waals surface area contributed by atoms with Crippen LogP contribution in [0.2, 0.25) is 0 Å². The quantitative estimate of drug-likeness (QED) is 0.331. The Bertz CT molecular complexity index is 1440. The van der Waals surface area contributed by atoms with E-state index in [-0.39, 0.29) is 6.04 Å². The normalized spacial score (nSPS) is 21.5. The molecule has 0 saturated carbocycles. The van der Waals surface area contributed by atoms with Gasteiger partial charge in [0.2, 0.25) is 0 Å². The molecule has 0 spiro atoms. The number of aromatic nitrogens is 4. The van der Waals surface area contributed by atoms with Crippen LogP contribution in [-0.4, -0.2) is 87.2 Å². The maximum absolute atomic E-state index is 11.7. The number of piperazine rings is 1. The predicted octanol–water partition coefficient (Wildman–Crippen LogP) is 3.96. The molecule has 2 aromatic heterocycles. The molecule has 2 saturated heterocycles. The highest BCUT2D eigenvalue weighted by atomic mass is 16.5. The minimum Gasteiger partial charge on any atom is -0.497 e. The van der Waals surface area contributed by atoms with E-state index in [4.69, 9.17) is 19.4 Å². The van der Waals surface area contributed by atoms with Crippen molar-refractivity contribution in [1.29, 1.82) is 0 Å². The third-order valence-corrected chi connectivity index (χ3v) is 8.11. The average molecular weight is 543 g/mol. The van der Waals surface area contributed by atoms with Gasteiger partial charge in [0.1, 0.15) is 23.6 Å². The molecule has 4 aromatic rings. The zero-order chi connectivity index (χ0) is 27.5. The fraction of sp³-hybridized carbons (Fsp3) is 0.419. The standard InChI is InChI=1S/C31H38N6O3/c1-22-33-27-11-10-26(39-2)16-28(27)37(22)20-30(38)36-14-13-35(18-24-12-15-40-21-24)19-29(36)31-32-17-25(34-31)9-8-23-6-4-3-5-7-23/h3-11,16-17,24,29-30,38H,12-15,18-21H2,1-2H3,(H,32,34)/b9-8+/t24?,29-,30?/m0/s1. The highest BCUT2D eigenvalue weighted by Gasteiger charge is 2.35. The molecule has 6 rings (SSSR count). The highest BCUT2D eigenvalue weighted by molar-refractivity contribution is 5.77.